The third-order valence-electron chi connectivity index (χ3n) is 4.27. The molecule has 3 rings (SSSR count). The number of rotatable bonds is 4. The van der Waals surface area contributed by atoms with Crippen molar-refractivity contribution in [3.63, 3.8) is 0 Å². The van der Waals surface area contributed by atoms with E-state index in [4.69, 9.17) is 0 Å². The van der Waals surface area contributed by atoms with Gasteiger partial charge in [-0.25, -0.2) is 0 Å². The highest BCUT2D eigenvalue weighted by Gasteiger charge is 2.30. The fraction of sp³-hybridized carbons (Fsp3) is 0.412. The van der Waals surface area contributed by atoms with Crippen LogP contribution in [-0.2, 0) is 0 Å². The molecule has 0 aliphatic carbocycles. The zero-order valence-corrected chi connectivity index (χ0v) is 14.4. The van der Waals surface area contributed by atoms with E-state index in [9.17, 15) is 0 Å². The number of hydrogen-bond donors (Lipinski definition) is 2. The van der Waals surface area contributed by atoms with Crippen molar-refractivity contribution in [3.05, 3.63) is 53.6 Å². The molecule has 6 heteroatoms. The van der Waals surface area contributed by atoms with Crippen LogP contribution in [-0.4, -0.2) is 35.5 Å². The van der Waals surface area contributed by atoms with E-state index in [1.54, 1.807) is 0 Å². The molecule has 1 aromatic rings. The Hall–Kier alpha value is -1.69. The molecule has 0 saturated carbocycles. The minimum Gasteiger partial charge on any atom is -0.357 e. The van der Waals surface area contributed by atoms with Crippen molar-refractivity contribution in [3.8, 4) is 0 Å². The number of aromatic nitrogens is 1. The molecule has 0 aromatic carbocycles. The number of allylic oxidation sites excluding steroid dienone is 1. The topological polar surface area (TPSA) is 52.5 Å². The minimum atomic E-state index is 0. The van der Waals surface area contributed by atoms with E-state index in [0.717, 1.165) is 19.5 Å². The Labute approximate surface area is 144 Å². The van der Waals surface area contributed by atoms with E-state index >= 15 is 0 Å². The molecule has 2 unspecified atom stereocenters. The molecule has 2 atom stereocenters. The second-order valence-corrected chi connectivity index (χ2v) is 5.44. The molecule has 2 aliphatic rings. The average Bonchev–Trinajstić information content (AvgIpc) is 2.81. The SMILES string of the molecule is CCN(CC)C1NC2=C(CC=NC=C2)C(c2ccncc2)N1.Cl. The molecule has 0 radical (unpaired) electrons. The maximum absolute atomic E-state index is 4.29. The first kappa shape index (κ1) is 17.7. The van der Waals surface area contributed by atoms with E-state index in [0.29, 0.717) is 0 Å². The van der Waals surface area contributed by atoms with E-state index in [2.05, 4.69) is 57.6 Å². The average molecular weight is 334 g/mol. The van der Waals surface area contributed by atoms with E-state index in [-0.39, 0.29) is 24.7 Å². The largest absolute Gasteiger partial charge is 0.357 e. The molecule has 124 valence electrons. The molecular weight excluding hydrogens is 310 g/mol. The number of hydrogen-bond acceptors (Lipinski definition) is 5. The van der Waals surface area contributed by atoms with Crippen molar-refractivity contribution in [2.45, 2.75) is 32.6 Å². The minimum absolute atomic E-state index is 0. The quantitative estimate of drug-likeness (QED) is 0.889. The molecule has 2 N–H and O–H groups in total. The van der Waals surface area contributed by atoms with Gasteiger partial charge in [0, 0.05) is 36.9 Å². The van der Waals surface area contributed by atoms with Crippen LogP contribution in [0.1, 0.15) is 31.9 Å². The van der Waals surface area contributed by atoms with Gasteiger partial charge in [0.15, 0.2) is 0 Å². The molecule has 1 aromatic heterocycles. The van der Waals surface area contributed by atoms with Crippen molar-refractivity contribution < 1.29 is 0 Å². The highest BCUT2D eigenvalue weighted by Crippen LogP contribution is 2.30. The Bertz CT molecular complexity index is 592. The van der Waals surface area contributed by atoms with Crippen molar-refractivity contribution in [2.75, 3.05) is 13.1 Å². The Balaban J connectivity index is 0.00000192. The summed E-state index contributed by atoms with van der Waals surface area (Å²) in [7, 11) is 0. The maximum atomic E-state index is 4.29. The summed E-state index contributed by atoms with van der Waals surface area (Å²) in [6, 6.07) is 4.34. The highest BCUT2D eigenvalue weighted by molar-refractivity contribution is 5.85. The molecule has 0 bridgehead atoms. The smallest absolute Gasteiger partial charge is 0.135 e. The van der Waals surface area contributed by atoms with Gasteiger partial charge in [-0.1, -0.05) is 13.8 Å². The number of nitrogens with zero attached hydrogens (tertiary/aromatic N) is 3. The standard InChI is InChI=1S/C17H23N5.ClH/c1-3-22(4-2)17-20-15-8-12-19-11-7-14(15)16(21-17)13-5-9-18-10-6-13;/h5-6,8-12,16-17,20-21H,3-4,7H2,1-2H3;1H. The molecule has 0 fully saturated rings. The van der Waals surface area contributed by atoms with Crippen LogP contribution in [0.4, 0.5) is 0 Å². The molecule has 2 aliphatic heterocycles. The van der Waals surface area contributed by atoms with Crippen LogP contribution in [0.25, 0.3) is 0 Å². The van der Waals surface area contributed by atoms with Crippen LogP contribution in [0.5, 0.6) is 0 Å². The lowest BCUT2D eigenvalue weighted by Crippen LogP contribution is -2.58. The number of pyridine rings is 1. The zero-order chi connectivity index (χ0) is 15.4. The molecule has 23 heavy (non-hydrogen) atoms. The number of nitrogens with one attached hydrogen (secondary N) is 2. The van der Waals surface area contributed by atoms with Gasteiger partial charge in [-0.3, -0.25) is 20.2 Å². The second-order valence-electron chi connectivity index (χ2n) is 5.44. The van der Waals surface area contributed by atoms with Crippen LogP contribution in [0.3, 0.4) is 0 Å². The third kappa shape index (κ3) is 3.80. The summed E-state index contributed by atoms with van der Waals surface area (Å²) in [5.74, 6) is 0. The lowest BCUT2D eigenvalue weighted by atomic mass is 9.93. The molecule has 5 nitrogen and oxygen atoms in total. The van der Waals surface area contributed by atoms with Gasteiger partial charge >= 0.3 is 0 Å². The summed E-state index contributed by atoms with van der Waals surface area (Å²) in [4.78, 5) is 10.8. The molecular formula is C17H24ClN5. The Morgan fingerprint density at radius 1 is 1.22 bits per heavy atom. The summed E-state index contributed by atoms with van der Waals surface area (Å²) in [5, 5.41) is 7.34. The first-order valence-electron chi connectivity index (χ1n) is 7.91. The lowest BCUT2D eigenvalue weighted by molar-refractivity contribution is 0.141. The Morgan fingerprint density at radius 3 is 2.65 bits per heavy atom. The monoisotopic (exact) mass is 333 g/mol. The van der Waals surface area contributed by atoms with Crippen LogP contribution in [0.15, 0.2) is 53.1 Å². The number of aliphatic imine (C=N–C) groups is 1. The Morgan fingerprint density at radius 2 is 1.96 bits per heavy atom. The van der Waals surface area contributed by atoms with Gasteiger partial charge in [-0.15, -0.1) is 12.4 Å². The van der Waals surface area contributed by atoms with Crippen LogP contribution < -0.4 is 10.6 Å². The summed E-state index contributed by atoms with van der Waals surface area (Å²) in [6.45, 7) is 6.36. The van der Waals surface area contributed by atoms with Crippen molar-refractivity contribution in [1.29, 1.82) is 0 Å². The van der Waals surface area contributed by atoms with E-state index in [1.807, 2.05) is 24.8 Å². The molecule has 0 amide bonds. The van der Waals surface area contributed by atoms with Gasteiger partial charge in [-0.2, -0.15) is 0 Å². The fourth-order valence-corrected chi connectivity index (χ4v) is 3.05. The first-order valence-corrected chi connectivity index (χ1v) is 7.91. The normalized spacial score (nSPS) is 23.1. The van der Waals surface area contributed by atoms with E-state index in [1.165, 1.54) is 16.8 Å². The maximum Gasteiger partial charge on any atom is 0.135 e. The highest BCUT2D eigenvalue weighted by atomic mass is 35.5. The molecule has 3 heterocycles. The van der Waals surface area contributed by atoms with Gasteiger partial charge in [-0.05, 0) is 42.4 Å². The fourth-order valence-electron chi connectivity index (χ4n) is 3.05. The van der Waals surface area contributed by atoms with Crippen LogP contribution in [0, 0.1) is 0 Å². The predicted octanol–water partition coefficient (Wildman–Crippen LogP) is 2.61. The van der Waals surface area contributed by atoms with Gasteiger partial charge in [0.25, 0.3) is 0 Å². The number of halogens is 1. The van der Waals surface area contributed by atoms with Crippen molar-refractivity contribution in [2.24, 2.45) is 4.99 Å². The summed E-state index contributed by atoms with van der Waals surface area (Å²) < 4.78 is 0. The van der Waals surface area contributed by atoms with Crippen molar-refractivity contribution >= 4 is 18.6 Å². The lowest BCUT2D eigenvalue weighted by Gasteiger charge is -2.40. The van der Waals surface area contributed by atoms with Crippen LogP contribution in [0.2, 0.25) is 0 Å². The molecule has 0 spiro atoms. The summed E-state index contributed by atoms with van der Waals surface area (Å²) >= 11 is 0. The third-order valence-corrected chi connectivity index (χ3v) is 4.27. The summed E-state index contributed by atoms with van der Waals surface area (Å²) in [5.41, 5.74) is 3.74. The van der Waals surface area contributed by atoms with Gasteiger partial charge < -0.3 is 5.32 Å². The zero-order valence-electron chi connectivity index (χ0n) is 13.6. The van der Waals surface area contributed by atoms with Gasteiger partial charge in [0.2, 0.25) is 0 Å². The predicted molar refractivity (Wildman–Crippen MR) is 96.5 cm³/mol. The van der Waals surface area contributed by atoms with E-state index < -0.39 is 0 Å². The van der Waals surface area contributed by atoms with Gasteiger partial charge in [0.05, 0.1) is 6.04 Å². The molecule has 0 saturated heterocycles. The Kier molecular flexibility index (Phi) is 6.33. The van der Waals surface area contributed by atoms with Gasteiger partial charge in [0.1, 0.15) is 6.29 Å². The van der Waals surface area contributed by atoms with Crippen LogP contribution >= 0.6 is 12.4 Å². The second kappa shape index (κ2) is 8.24. The van der Waals surface area contributed by atoms with Crippen molar-refractivity contribution in [1.82, 2.24) is 20.5 Å². The summed E-state index contributed by atoms with van der Waals surface area (Å²) in [6.07, 6.45) is 10.6. The first-order chi connectivity index (χ1) is 10.8.